The second kappa shape index (κ2) is 13.0. The Labute approximate surface area is 251 Å². The molecule has 230 valence electrons. The van der Waals surface area contributed by atoms with Crippen molar-refractivity contribution in [2.45, 2.75) is 70.4 Å². The van der Waals surface area contributed by atoms with E-state index in [0.717, 1.165) is 67.5 Å². The Hall–Kier alpha value is -3.86. The average Bonchev–Trinajstić information content (AvgIpc) is 2.96. The van der Waals surface area contributed by atoms with E-state index >= 15 is 13.2 Å². The monoisotopic (exact) mass is 614 g/mol. The molecule has 0 radical (unpaired) electrons. The summed E-state index contributed by atoms with van der Waals surface area (Å²) in [5.41, 5.74) is -0.704. The van der Waals surface area contributed by atoms with Gasteiger partial charge in [-0.15, -0.1) is 0 Å². The molecular formula is C36H30F8. The fraction of sp³-hybridized carbons (Fsp3) is 0.333. The third kappa shape index (κ3) is 6.93. The van der Waals surface area contributed by atoms with Crippen LogP contribution in [0.4, 0.5) is 35.1 Å². The summed E-state index contributed by atoms with van der Waals surface area (Å²) in [6.45, 7) is 2.19. The summed E-state index contributed by atoms with van der Waals surface area (Å²) in [4.78, 5) is 0. The SMILES string of the molecule is CCCCCC1CCC(c2ccc(-c3cc(F)c(-c4ccc5c(F)c(C#CC(F)(F)F)c(F)cc5c4)c(F)c3)c(F)c2)CC1. The summed E-state index contributed by atoms with van der Waals surface area (Å²) in [5, 5.41) is -0.402. The highest BCUT2D eigenvalue weighted by atomic mass is 19.4. The number of hydrogen-bond donors (Lipinski definition) is 0. The highest BCUT2D eigenvalue weighted by Crippen LogP contribution is 2.40. The minimum atomic E-state index is -4.95. The quantitative estimate of drug-likeness (QED) is 0.110. The number of benzene rings is 4. The molecule has 1 aliphatic carbocycles. The van der Waals surface area contributed by atoms with Gasteiger partial charge >= 0.3 is 6.18 Å². The van der Waals surface area contributed by atoms with E-state index in [0.29, 0.717) is 5.92 Å². The van der Waals surface area contributed by atoms with Crippen molar-refractivity contribution in [2.75, 3.05) is 0 Å². The molecule has 5 rings (SSSR count). The molecule has 0 N–H and O–H groups in total. The Morgan fingerprint density at radius 2 is 1.43 bits per heavy atom. The number of rotatable bonds is 7. The van der Waals surface area contributed by atoms with Crippen LogP contribution >= 0.6 is 0 Å². The fourth-order valence-corrected chi connectivity index (χ4v) is 6.22. The van der Waals surface area contributed by atoms with Crippen LogP contribution in [0.3, 0.4) is 0 Å². The van der Waals surface area contributed by atoms with Crippen LogP contribution in [0.25, 0.3) is 33.0 Å². The van der Waals surface area contributed by atoms with Crippen molar-refractivity contribution in [3.05, 3.63) is 94.8 Å². The van der Waals surface area contributed by atoms with Crippen LogP contribution in [0.1, 0.15) is 75.3 Å². The van der Waals surface area contributed by atoms with Crippen LogP contribution < -0.4 is 0 Å². The van der Waals surface area contributed by atoms with Crippen LogP contribution in [0.2, 0.25) is 0 Å². The Morgan fingerprint density at radius 3 is 2.07 bits per heavy atom. The van der Waals surface area contributed by atoms with E-state index in [2.05, 4.69) is 6.92 Å². The standard InChI is InChI=1S/C36H30F8/c1-2-3-4-5-21-6-8-22(9-7-21)23-10-12-27(30(37)17-23)26-19-32(39)34(33(40)20-26)24-11-13-28-25(16-24)18-31(38)29(35(28)41)14-15-36(42,43)44/h10-13,16-22H,2-9H2,1H3. The minimum absolute atomic E-state index is 0.00167. The Bertz CT molecular complexity index is 1710. The van der Waals surface area contributed by atoms with Crippen molar-refractivity contribution in [1.29, 1.82) is 0 Å². The molecule has 0 atom stereocenters. The number of halogens is 8. The first-order valence-electron chi connectivity index (χ1n) is 14.8. The average molecular weight is 615 g/mol. The number of fused-ring (bicyclic) bond motifs is 1. The molecular weight excluding hydrogens is 584 g/mol. The van der Waals surface area contributed by atoms with Gasteiger partial charge < -0.3 is 0 Å². The largest absolute Gasteiger partial charge is 0.458 e. The highest BCUT2D eigenvalue weighted by molar-refractivity contribution is 5.89. The van der Waals surface area contributed by atoms with Crippen molar-refractivity contribution in [3.8, 4) is 34.1 Å². The van der Waals surface area contributed by atoms with Crippen molar-refractivity contribution in [1.82, 2.24) is 0 Å². The molecule has 0 spiro atoms. The first-order chi connectivity index (χ1) is 20.9. The zero-order valence-corrected chi connectivity index (χ0v) is 24.0. The zero-order chi connectivity index (χ0) is 31.6. The van der Waals surface area contributed by atoms with Crippen molar-refractivity contribution >= 4 is 10.8 Å². The lowest BCUT2D eigenvalue weighted by Gasteiger charge is -2.29. The minimum Gasteiger partial charge on any atom is -0.206 e. The number of unbranched alkanes of at least 4 members (excludes halogenated alkanes) is 2. The van der Waals surface area contributed by atoms with Gasteiger partial charge in [0.1, 0.15) is 29.1 Å². The van der Waals surface area contributed by atoms with E-state index in [1.807, 2.05) is 6.07 Å². The molecule has 0 heterocycles. The predicted octanol–water partition coefficient (Wildman–Crippen LogP) is 11.6. The van der Waals surface area contributed by atoms with Crippen molar-refractivity contribution in [3.63, 3.8) is 0 Å². The molecule has 44 heavy (non-hydrogen) atoms. The number of hydrogen-bond acceptors (Lipinski definition) is 0. The summed E-state index contributed by atoms with van der Waals surface area (Å²) >= 11 is 0. The molecule has 0 unspecified atom stereocenters. The van der Waals surface area contributed by atoms with Gasteiger partial charge in [0.05, 0.1) is 11.1 Å². The topological polar surface area (TPSA) is 0 Å². The lowest BCUT2D eigenvalue weighted by molar-refractivity contribution is -0.0696. The maximum Gasteiger partial charge on any atom is 0.458 e. The van der Waals surface area contributed by atoms with Crippen molar-refractivity contribution in [2.24, 2.45) is 5.92 Å². The summed E-state index contributed by atoms with van der Waals surface area (Å²) in [6.07, 6.45) is 4.14. The lowest BCUT2D eigenvalue weighted by Crippen LogP contribution is -2.13. The summed E-state index contributed by atoms with van der Waals surface area (Å²) in [6, 6.07) is 10.9. The normalized spacial score (nSPS) is 17.0. The molecule has 1 saturated carbocycles. The molecule has 1 aliphatic rings. The molecule has 1 fully saturated rings. The van der Waals surface area contributed by atoms with Crippen LogP contribution in [0.5, 0.6) is 0 Å². The molecule has 0 nitrogen and oxygen atoms in total. The Morgan fingerprint density at radius 1 is 0.727 bits per heavy atom. The second-order valence-electron chi connectivity index (χ2n) is 11.5. The molecule has 4 aromatic rings. The highest BCUT2D eigenvalue weighted by Gasteiger charge is 2.25. The first-order valence-corrected chi connectivity index (χ1v) is 14.8. The molecule has 0 bridgehead atoms. The number of alkyl halides is 3. The van der Waals surface area contributed by atoms with Crippen LogP contribution in [0.15, 0.2) is 54.6 Å². The van der Waals surface area contributed by atoms with Crippen LogP contribution in [-0.2, 0) is 0 Å². The smallest absolute Gasteiger partial charge is 0.206 e. The molecule has 0 aromatic heterocycles. The van der Waals surface area contributed by atoms with E-state index in [-0.39, 0.29) is 33.4 Å². The van der Waals surface area contributed by atoms with Gasteiger partial charge in [-0.1, -0.05) is 62.8 Å². The molecule has 0 amide bonds. The van der Waals surface area contributed by atoms with E-state index in [9.17, 15) is 22.0 Å². The molecule has 4 aromatic carbocycles. The van der Waals surface area contributed by atoms with E-state index in [1.165, 1.54) is 49.8 Å². The maximum absolute atomic E-state index is 15.3. The molecule has 0 aliphatic heterocycles. The summed E-state index contributed by atoms with van der Waals surface area (Å²) < 4.78 is 112. The van der Waals surface area contributed by atoms with Crippen molar-refractivity contribution < 1.29 is 35.1 Å². The molecule has 8 heteroatoms. The second-order valence-corrected chi connectivity index (χ2v) is 11.5. The molecule has 0 saturated heterocycles. The van der Waals surface area contributed by atoms with E-state index in [1.54, 1.807) is 0 Å². The zero-order valence-electron chi connectivity index (χ0n) is 24.0. The van der Waals surface area contributed by atoms with Gasteiger partial charge in [-0.05, 0) is 89.9 Å². The van der Waals surface area contributed by atoms with Gasteiger partial charge in [-0.2, -0.15) is 13.2 Å². The van der Waals surface area contributed by atoms with Gasteiger partial charge in [0.25, 0.3) is 0 Å². The van der Waals surface area contributed by atoms with E-state index in [4.69, 9.17) is 0 Å². The third-order valence-corrected chi connectivity index (χ3v) is 8.53. The summed E-state index contributed by atoms with van der Waals surface area (Å²) in [5.74, 6) is -2.04. The first kappa shape index (κ1) is 31.6. The fourth-order valence-electron chi connectivity index (χ4n) is 6.22. The predicted molar refractivity (Wildman–Crippen MR) is 156 cm³/mol. The van der Waals surface area contributed by atoms with Gasteiger partial charge in [0, 0.05) is 16.9 Å². The van der Waals surface area contributed by atoms with Gasteiger partial charge in [-0.3, -0.25) is 0 Å². The van der Waals surface area contributed by atoms with Gasteiger partial charge in [0.2, 0.25) is 0 Å². The van der Waals surface area contributed by atoms with Gasteiger partial charge in [-0.25, -0.2) is 22.0 Å². The Kier molecular flexibility index (Phi) is 9.34. The van der Waals surface area contributed by atoms with Gasteiger partial charge in [0.15, 0.2) is 0 Å². The lowest BCUT2D eigenvalue weighted by atomic mass is 9.77. The van der Waals surface area contributed by atoms with Crippen LogP contribution in [0, 0.1) is 46.8 Å². The Balaban J connectivity index is 1.39. The van der Waals surface area contributed by atoms with Crippen LogP contribution in [-0.4, -0.2) is 6.18 Å². The third-order valence-electron chi connectivity index (χ3n) is 8.53. The summed E-state index contributed by atoms with van der Waals surface area (Å²) in [7, 11) is 0. The maximum atomic E-state index is 15.3. The van der Waals surface area contributed by atoms with E-state index < -0.39 is 46.4 Å².